The fourth-order valence-electron chi connectivity index (χ4n) is 1.70. The molecule has 0 saturated heterocycles. The highest BCUT2D eigenvalue weighted by molar-refractivity contribution is 5.97. The smallest absolute Gasteiger partial charge is 0.257 e. The Labute approximate surface area is 118 Å². The van der Waals surface area contributed by atoms with Crippen LogP contribution in [0.3, 0.4) is 0 Å². The van der Waals surface area contributed by atoms with Crippen LogP contribution in [0.1, 0.15) is 23.7 Å². The molecule has 0 bridgehead atoms. The van der Waals surface area contributed by atoms with Crippen molar-refractivity contribution in [2.45, 2.75) is 13.3 Å². The first-order chi connectivity index (χ1) is 9.36. The average molecular weight is 281 g/mol. The van der Waals surface area contributed by atoms with E-state index in [1.807, 2.05) is 6.92 Å². The lowest BCUT2D eigenvalue weighted by Crippen LogP contribution is -2.41. The van der Waals surface area contributed by atoms with Gasteiger partial charge in [0.2, 0.25) is 5.91 Å². The molecule has 2 amide bonds. The number of benzene rings is 1. The molecule has 1 aromatic carbocycles. The Morgan fingerprint density at radius 3 is 2.45 bits per heavy atom. The summed E-state index contributed by atoms with van der Waals surface area (Å²) in [6.45, 7) is 2.21. The fourth-order valence-corrected chi connectivity index (χ4v) is 1.70. The minimum absolute atomic E-state index is 0.0660. The number of anilines is 1. The second kappa shape index (κ2) is 6.88. The number of nitrogens with zero attached hydrogens (tertiary/aromatic N) is 2. The molecule has 0 radical (unpaired) electrons. The van der Waals surface area contributed by atoms with E-state index in [0.717, 1.165) is 6.07 Å². The summed E-state index contributed by atoms with van der Waals surface area (Å²) >= 11 is 0. The summed E-state index contributed by atoms with van der Waals surface area (Å²) in [6.07, 6.45) is 0.684. The van der Waals surface area contributed by atoms with Crippen molar-refractivity contribution in [1.82, 2.24) is 9.80 Å². The van der Waals surface area contributed by atoms with Crippen molar-refractivity contribution >= 4 is 17.5 Å². The van der Waals surface area contributed by atoms with E-state index in [4.69, 9.17) is 5.73 Å². The summed E-state index contributed by atoms with van der Waals surface area (Å²) in [5.41, 5.74) is 5.64. The molecule has 0 heterocycles. The number of nitrogens with two attached hydrogens (primary N) is 1. The minimum Gasteiger partial charge on any atom is -0.399 e. The molecule has 5 nitrogen and oxygen atoms in total. The first-order valence-electron chi connectivity index (χ1n) is 6.41. The molecule has 0 unspecified atom stereocenters. The first-order valence-corrected chi connectivity index (χ1v) is 6.41. The van der Waals surface area contributed by atoms with Crippen LogP contribution >= 0.6 is 0 Å². The van der Waals surface area contributed by atoms with Gasteiger partial charge < -0.3 is 15.5 Å². The maximum atomic E-state index is 13.8. The monoisotopic (exact) mass is 281 g/mol. The molecule has 0 saturated carbocycles. The quantitative estimate of drug-likeness (QED) is 0.828. The Kier molecular flexibility index (Phi) is 5.49. The summed E-state index contributed by atoms with van der Waals surface area (Å²) in [7, 11) is 3.22. The van der Waals surface area contributed by atoms with Gasteiger partial charge in [-0.25, -0.2) is 4.39 Å². The van der Waals surface area contributed by atoms with Crippen molar-refractivity contribution in [3.05, 3.63) is 29.6 Å². The summed E-state index contributed by atoms with van der Waals surface area (Å²) in [4.78, 5) is 26.8. The molecule has 0 aliphatic heterocycles. The van der Waals surface area contributed by atoms with Gasteiger partial charge in [0.1, 0.15) is 12.4 Å². The second-order valence-corrected chi connectivity index (χ2v) is 4.75. The number of rotatable bonds is 5. The van der Waals surface area contributed by atoms with Gasteiger partial charge in [0.25, 0.3) is 5.91 Å². The summed E-state index contributed by atoms with van der Waals surface area (Å²) in [5, 5.41) is 0. The third-order valence-corrected chi connectivity index (χ3v) is 2.83. The molecule has 0 fully saturated rings. The topological polar surface area (TPSA) is 66.6 Å². The molecule has 0 aliphatic carbocycles. The van der Waals surface area contributed by atoms with Gasteiger partial charge in [-0.05, 0) is 24.6 Å². The van der Waals surface area contributed by atoms with Crippen LogP contribution in [-0.4, -0.2) is 48.8 Å². The van der Waals surface area contributed by atoms with Crippen LogP contribution in [-0.2, 0) is 4.79 Å². The number of nitrogen functional groups attached to an aromatic ring is 1. The van der Waals surface area contributed by atoms with E-state index >= 15 is 0 Å². The highest BCUT2D eigenvalue weighted by atomic mass is 19.1. The van der Waals surface area contributed by atoms with Gasteiger partial charge in [0.05, 0.1) is 5.56 Å². The van der Waals surface area contributed by atoms with Gasteiger partial charge in [0, 0.05) is 26.3 Å². The van der Waals surface area contributed by atoms with Crippen LogP contribution in [0.2, 0.25) is 0 Å². The van der Waals surface area contributed by atoms with Gasteiger partial charge in [-0.1, -0.05) is 6.92 Å². The number of hydrogen-bond acceptors (Lipinski definition) is 3. The molecule has 0 aliphatic rings. The van der Waals surface area contributed by atoms with Crippen molar-refractivity contribution in [2.75, 3.05) is 32.9 Å². The molecular weight excluding hydrogens is 261 g/mol. The number of amides is 2. The van der Waals surface area contributed by atoms with Crippen LogP contribution in [0, 0.1) is 5.82 Å². The molecule has 1 rings (SSSR count). The highest BCUT2D eigenvalue weighted by Crippen LogP contribution is 2.14. The molecule has 0 aromatic heterocycles. The predicted octanol–water partition coefficient (Wildman–Crippen LogP) is 1.35. The predicted molar refractivity (Wildman–Crippen MR) is 75.7 cm³/mol. The minimum atomic E-state index is -0.673. The third-order valence-electron chi connectivity index (χ3n) is 2.83. The van der Waals surface area contributed by atoms with Crippen LogP contribution in [0.4, 0.5) is 10.1 Å². The highest BCUT2D eigenvalue weighted by Gasteiger charge is 2.21. The summed E-state index contributed by atoms with van der Waals surface area (Å²) < 4.78 is 13.8. The molecule has 1 aromatic rings. The number of carbonyl (C=O) groups excluding carboxylic acids is 2. The van der Waals surface area contributed by atoms with Crippen molar-refractivity contribution in [3.8, 4) is 0 Å². The second-order valence-electron chi connectivity index (χ2n) is 4.75. The molecule has 110 valence electrons. The summed E-state index contributed by atoms with van der Waals surface area (Å²) in [5.74, 6) is -1.38. The number of carbonyl (C=O) groups is 2. The molecular formula is C14H20FN3O2. The van der Waals surface area contributed by atoms with E-state index in [0.29, 0.717) is 13.0 Å². The van der Waals surface area contributed by atoms with Crippen molar-refractivity contribution in [2.24, 2.45) is 0 Å². The largest absolute Gasteiger partial charge is 0.399 e. The molecule has 6 heteroatoms. The van der Waals surface area contributed by atoms with Crippen molar-refractivity contribution < 1.29 is 14.0 Å². The van der Waals surface area contributed by atoms with Crippen LogP contribution in [0.5, 0.6) is 0 Å². The number of halogens is 1. The van der Waals surface area contributed by atoms with Gasteiger partial charge in [0.15, 0.2) is 0 Å². The number of hydrogen-bond donors (Lipinski definition) is 1. The molecule has 2 N–H and O–H groups in total. The van der Waals surface area contributed by atoms with Crippen LogP contribution in [0.25, 0.3) is 0 Å². The molecule has 0 spiro atoms. The normalized spacial score (nSPS) is 10.2. The van der Waals surface area contributed by atoms with Gasteiger partial charge in [-0.2, -0.15) is 0 Å². The van der Waals surface area contributed by atoms with Gasteiger partial charge in [-0.15, -0.1) is 0 Å². The molecule has 0 atom stereocenters. The van der Waals surface area contributed by atoms with Crippen molar-refractivity contribution in [1.29, 1.82) is 0 Å². The maximum absolute atomic E-state index is 13.8. The maximum Gasteiger partial charge on any atom is 0.257 e. The third kappa shape index (κ3) is 3.94. The van der Waals surface area contributed by atoms with Crippen LogP contribution < -0.4 is 5.73 Å². The Morgan fingerprint density at radius 2 is 1.95 bits per heavy atom. The SMILES string of the molecule is CCCN(CC(=O)N(C)C)C(=O)c1ccc(N)cc1F. The standard InChI is InChI=1S/C14H20FN3O2/c1-4-7-18(9-13(19)17(2)3)14(20)11-6-5-10(16)8-12(11)15/h5-6,8H,4,7,9,16H2,1-3H3. The van der Waals surface area contributed by atoms with E-state index in [9.17, 15) is 14.0 Å². The fraction of sp³-hybridized carbons (Fsp3) is 0.429. The van der Waals surface area contributed by atoms with Crippen LogP contribution in [0.15, 0.2) is 18.2 Å². The Bertz CT molecular complexity index is 503. The lowest BCUT2D eigenvalue weighted by molar-refractivity contribution is -0.129. The Morgan fingerprint density at radius 1 is 1.30 bits per heavy atom. The van der Waals surface area contributed by atoms with E-state index in [1.54, 1.807) is 14.1 Å². The first kappa shape index (κ1) is 15.9. The Hall–Kier alpha value is -2.11. The lowest BCUT2D eigenvalue weighted by Gasteiger charge is -2.23. The van der Waals surface area contributed by atoms with E-state index in [-0.39, 0.29) is 23.7 Å². The van der Waals surface area contributed by atoms with E-state index in [2.05, 4.69) is 0 Å². The zero-order valence-electron chi connectivity index (χ0n) is 12.0. The number of likely N-dealkylation sites (N-methyl/N-ethyl adjacent to an activating group) is 1. The molecule has 20 heavy (non-hydrogen) atoms. The Balaban J connectivity index is 2.96. The van der Waals surface area contributed by atoms with Crippen molar-refractivity contribution in [3.63, 3.8) is 0 Å². The van der Waals surface area contributed by atoms with E-state index < -0.39 is 11.7 Å². The summed E-state index contributed by atoms with van der Waals surface area (Å²) in [6, 6.07) is 3.91. The zero-order valence-corrected chi connectivity index (χ0v) is 12.0. The van der Waals surface area contributed by atoms with Gasteiger partial charge in [-0.3, -0.25) is 9.59 Å². The average Bonchev–Trinajstić information content (AvgIpc) is 2.37. The zero-order chi connectivity index (χ0) is 15.3. The lowest BCUT2D eigenvalue weighted by atomic mass is 10.1. The van der Waals surface area contributed by atoms with E-state index in [1.165, 1.54) is 21.9 Å². The van der Waals surface area contributed by atoms with Gasteiger partial charge >= 0.3 is 0 Å².